The van der Waals surface area contributed by atoms with Gasteiger partial charge >= 0.3 is 5.97 Å². The Kier molecular flexibility index (Phi) is 7.69. The van der Waals surface area contributed by atoms with Crippen molar-refractivity contribution in [1.29, 1.82) is 0 Å². The van der Waals surface area contributed by atoms with E-state index in [2.05, 4.69) is 9.80 Å². The van der Waals surface area contributed by atoms with Crippen LogP contribution in [0.25, 0.3) is 11.0 Å². The van der Waals surface area contributed by atoms with E-state index in [9.17, 15) is 14.7 Å². The van der Waals surface area contributed by atoms with Gasteiger partial charge < -0.3 is 28.6 Å². The topological polar surface area (TPSA) is 102 Å². The number of methoxy groups -OCH3 is 1. The molecule has 39 heavy (non-hydrogen) atoms. The Balaban J connectivity index is 1.30. The number of aromatic hydroxyl groups is 1. The molecule has 2 heterocycles. The van der Waals surface area contributed by atoms with Crippen molar-refractivity contribution < 1.29 is 28.5 Å². The molecule has 9 heteroatoms. The van der Waals surface area contributed by atoms with Crippen LogP contribution in [0.2, 0.25) is 0 Å². The van der Waals surface area contributed by atoms with E-state index in [1.165, 1.54) is 12.3 Å². The van der Waals surface area contributed by atoms with E-state index >= 15 is 0 Å². The van der Waals surface area contributed by atoms with Gasteiger partial charge in [0, 0.05) is 38.4 Å². The highest BCUT2D eigenvalue weighted by Gasteiger charge is 2.22. The summed E-state index contributed by atoms with van der Waals surface area (Å²) in [5.74, 6) is 0.862. The van der Waals surface area contributed by atoms with Gasteiger partial charge in [0.15, 0.2) is 0 Å². The van der Waals surface area contributed by atoms with E-state index in [-0.39, 0.29) is 23.5 Å². The molecule has 0 unspecified atom stereocenters. The second-order valence-corrected chi connectivity index (χ2v) is 9.18. The maximum Gasteiger partial charge on any atom is 0.338 e. The van der Waals surface area contributed by atoms with Crippen LogP contribution in [0.5, 0.6) is 23.0 Å². The number of ether oxygens (including phenoxy) is 3. The molecular weight excluding hydrogens is 500 g/mol. The van der Waals surface area contributed by atoms with Gasteiger partial charge in [0.2, 0.25) is 11.2 Å². The highest BCUT2D eigenvalue weighted by molar-refractivity contribution is 5.89. The number of esters is 1. The molecule has 0 radical (unpaired) electrons. The summed E-state index contributed by atoms with van der Waals surface area (Å²) < 4.78 is 21.8. The van der Waals surface area contributed by atoms with Crippen molar-refractivity contribution in [3.8, 4) is 23.0 Å². The lowest BCUT2D eigenvalue weighted by atomic mass is 10.1. The van der Waals surface area contributed by atoms with E-state index in [0.717, 1.165) is 37.6 Å². The van der Waals surface area contributed by atoms with Crippen molar-refractivity contribution in [2.24, 2.45) is 0 Å². The fourth-order valence-corrected chi connectivity index (χ4v) is 4.63. The van der Waals surface area contributed by atoms with Gasteiger partial charge in [-0.15, -0.1) is 0 Å². The standard InChI is InChI=1S/C30H30N2O7/c1-3-37-30(35)20-4-8-23(9-5-20)39-27-19-38-29-24(28(27)34)12-13-26(33)25(29)18-31-14-16-32(17-15-31)21-6-10-22(36-2)11-7-21/h4-13,19,33H,3,14-18H2,1-2H3. The number of piperazine rings is 1. The van der Waals surface area contributed by atoms with E-state index in [4.69, 9.17) is 18.6 Å². The molecule has 0 bridgehead atoms. The Morgan fingerprint density at radius 3 is 2.31 bits per heavy atom. The van der Waals surface area contributed by atoms with Crippen LogP contribution >= 0.6 is 0 Å². The molecule has 1 aliphatic heterocycles. The SMILES string of the molecule is CCOC(=O)c1ccc(Oc2coc3c(CN4CCN(c5ccc(OC)cc5)CC4)c(O)ccc3c2=O)cc1. The number of benzene rings is 3. The molecule has 1 aliphatic rings. The van der Waals surface area contributed by atoms with Crippen molar-refractivity contribution in [2.75, 3.05) is 44.8 Å². The van der Waals surface area contributed by atoms with Gasteiger partial charge in [-0.25, -0.2) is 4.79 Å². The zero-order valence-electron chi connectivity index (χ0n) is 21.9. The van der Waals surface area contributed by atoms with Gasteiger partial charge in [0.1, 0.15) is 29.1 Å². The molecule has 1 fully saturated rings. The normalized spacial score (nSPS) is 13.8. The zero-order valence-corrected chi connectivity index (χ0v) is 21.9. The first-order valence-corrected chi connectivity index (χ1v) is 12.8. The second-order valence-electron chi connectivity index (χ2n) is 9.18. The molecule has 0 atom stereocenters. The largest absolute Gasteiger partial charge is 0.507 e. The highest BCUT2D eigenvalue weighted by atomic mass is 16.5. The van der Waals surface area contributed by atoms with E-state index in [0.29, 0.717) is 34.4 Å². The number of hydrogen-bond acceptors (Lipinski definition) is 9. The van der Waals surface area contributed by atoms with Gasteiger partial charge in [0.25, 0.3) is 0 Å². The number of rotatable bonds is 8. The maximum absolute atomic E-state index is 13.2. The minimum absolute atomic E-state index is 0.0103. The van der Waals surface area contributed by atoms with Gasteiger partial charge in [0.05, 0.1) is 30.2 Å². The van der Waals surface area contributed by atoms with Crippen LogP contribution < -0.4 is 19.8 Å². The first-order chi connectivity index (χ1) is 19.0. The minimum Gasteiger partial charge on any atom is -0.507 e. The van der Waals surface area contributed by atoms with Gasteiger partial charge in [-0.1, -0.05) is 0 Å². The lowest BCUT2D eigenvalue weighted by Crippen LogP contribution is -2.46. The Morgan fingerprint density at radius 2 is 1.64 bits per heavy atom. The van der Waals surface area contributed by atoms with Gasteiger partial charge in [-0.2, -0.15) is 0 Å². The predicted octanol–water partition coefficient (Wildman–Crippen LogP) is 4.80. The summed E-state index contributed by atoms with van der Waals surface area (Å²) in [6.45, 7) is 5.70. The van der Waals surface area contributed by atoms with Crippen molar-refractivity contribution in [3.63, 3.8) is 0 Å². The van der Waals surface area contributed by atoms with Crippen molar-refractivity contribution in [2.45, 2.75) is 13.5 Å². The van der Waals surface area contributed by atoms with Crippen molar-refractivity contribution in [1.82, 2.24) is 4.90 Å². The zero-order chi connectivity index (χ0) is 27.4. The average molecular weight is 531 g/mol. The molecular formula is C30H30N2O7. The Bertz CT molecular complexity index is 1510. The van der Waals surface area contributed by atoms with E-state index in [1.54, 1.807) is 44.4 Å². The average Bonchev–Trinajstić information content (AvgIpc) is 2.97. The first kappa shape index (κ1) is 26.1. The summed E-state index contributed by atoms with van der Waals surface area (Å²) >= 11 is 0. The second kappa shape index (κ2) is 11.5. The smallest absolute Gasteiger partial charge is 0.338 e. The summed E-state index contributed by atoms with van der Waals surface area (Å²) in [6.07, 6.45) is 1.26. The van der Waals surface area contributed by atoms with Gasteiger partial charge in [-0.05, 0) is 67.6 Å². The summed E-state index contributed by atoms with van der Waals surface area (Å²) in [5, 5.41) is 11.0. The quantitative estimate of drug-likeness (QED) is 0.322. The molecule has 0 spiro atoms. The van der Waals surface area contributed by atoms with Crippen LogP contribution in [-0.2, 0) is 11.3 Å². The molecule has 0 aliphatic carbocycles. The van der Waals surface area contributed by atoms with Crippen molar-refractivity contribution >= 4 is 22.6 Å². The summed E-state index contributed by atoms with van der Waals surface area (Å²) in [5.41, 5.74) is 2.07. The van der Waals surface area contributed by atoms with Gasteiger partial charge in [-0.3, -0.25) is 9.69 Å². The Labute approximate surface area is 225 Å². The van der Waals surface area contributed by atoms with Crippen LogP contribution in [-0.4, -0.2) is 55.9 Å². The number of nitrogens with zero attached hydrogens (tertiary/aromatic N) is 2. The number of carbonyl (C=O) groups excluding carboxylic acids is 1. The number of fused-ring (bicyclic) bond motifs is 1. The molecule has 4 aromatic rings. The van der Waals surface area contributed by atoms with Crippen LogP contribution in [0.3, 0.4) is 0 Å². The molecule has 202 valence electrons. The monoisotopic (exact) mass is 530 g/mol. The predicted molar refractivity (Wildman–Crippen MR) is 147 cm³/mol. The lowest BCUT2D eigenvalue weighted by molar-refractivity contribution is 0.0526. The molecule has 3 aromatic carbocycles. The van der Waals surface area contributed by atoms with E-state index < -0.39 is 5.97 Å². The van der Waals surface area contributed by atoms with Crippen LogP contribution in [0.15, 0.2) is 76.1 Å². The summed E-state index contributed by atoms with van der Waals surface area (Å²) in [7, 11) is 1.65. The van der Waals surface area contributed by atoms with Crippen LogP contribution in [0, 0.1) is 0 Å². The third-order valence-electron chi connectivity index (χ3n) is 6.77. The number of hydrogen-bond donors (Lipinski definition) is 1. The molecule has 1 saturated heterocycles. The van der Waals surface area contributed by atoms with Crippen LogP contribution in [0.1, 0.15) is 22.8 Å². The summed E-state index contributed by atoms with van der Waals surface area (Å²) in [6, 6.07) is 17.4. The molecule has 1 N–H and O–H groups in total. The molecule has 0 saturated carbocycles. The lowest BCUT2D eigenvalue weighted by Gasteiger charge is -2.36. The van der Waals surface area contributed by atoms with Crippen molar-refractivity contribution in [3.05, 3.63) is 88.3 Å². The third-order valence-corrected chi connectivity index (χ3v) is 6.77. The highest BCUT2D eigenvalue weighted by Crippen LogP contribution is 2.30. The Morgan fingerprint density at radius 1 is 0.949 bits per heavy atom. The van der Waals surface area contributed by atoms with E-state index in [1.807, 2.05) is 24.3 Å². The maximum atomic E-state index is 13.2. The first-order valence-electron chi connectivity index (χ1n) is 12.8. The number of phenols is 1. The molecule has 0 amide bonds. The molecule has 5 rings (SSSR count). The van der Waals surface area contributed by atoms with Crippen LogP contribution in [0.4, 0.5) is 5.69 Å². The summed E-state index contributed by atoms with van der Waals surface area (Å²) in [4.78, 5) is 29.6. The molecule has 1 aromatic heterocycles. The minimum atomic E-state index is -0.427. The number of phenolic OH excluding ortho intramolecular Hbond substituents is 1. The number of carbonyl (C=O) groups is 1. The third kappa shape index (κ3) is 5.68. The number of anilines is 1. The molecule has 9 nitrogen and oxygen atoms in total. The Hall–Kier alpha value is -4.50. The fourth-order valence-electron chi connectivity index (χ4n) is 4.63. The fraction of sp³-hybridized carbons (Fsp3) is 0.267.